The molecule has 0 bridgehead atoms. The fourth-order valence-electron chi connectivity index (χ4n) is 2.81. The number of benzene rings is 1. The molecule has 2 rings (SSSR count). The summed E-state index contributed by atoms with van der Waals surface area (Å²) in [6.45, 7) is 4.70. The Hall–Kier alpha value is -0.960. The number of rotatable bonds is 4. The molecule has 3 heteroatoms. The van der Waals surface area contributed by atoms with Gasteiger partial charge in [0.2, 0.25) is 0 Å². The lowest BCUT2D eigenvalue weighted by Crippen LogP contribution is -2.13. The van der Waals surface area contributed by atoms with Gasteiger partial charge < -0.3 is 4.74 Å². The van der Waals surface area contributed by atoms with Gasteiger partial charge in [0.15, 0.2) is 11.6 Å². The fourth-order valence-corrected chi connectivity index (χ4v) is 2.81. The van der Waals surface area contributed by atoms with E-state index in [0.717, 1.165) is 25.7 Å². The molecule has 0 atom stereocenters. The minimum atomic E-state index is -0.732. The molecule has 19 heavy (non-hydrogen) atoms. The Balaban J connectivity index is 2.16. The number of hydrogen-bond donors (Lipinski definition) is 0. The largest absolute Gasteiger partial charge is 0.377 e. The molecule has 1 aliphatic carbocycles. The van der Waals surface area contributed by atoms with Crippen LogP contribution in [0.2, 0.25) is 0 Å². The second-order valence-electron chi connectivity index (χ2n) is 5.54. The van der Waals surface area contributed by atoms with Gasteiger partial charge in [0, 0.05) is 12.2 Å². The lowest BCUT2D eigenvalue weighted by Gasteiger charge is -2.27. The molecule has 106 valence electrons. The van der Waals surface area contributed by atoms with Crippen molar-refractivity contribution >= 4 is 0 Å². The van der Waals surface area contributed by atoms with E-state index in [2.05, 4.69) is 6.92 Å². The van der Waals surface area contributed by atoms with Gasteiger partial charge in [-0.3, -0.25) is 0 Å². The van der Waals surface area contributed by atoms with E-state index in [1.807, 2.05) is 6.92 Å². The van der Waals surface area contributed by atoms with E-state index in [4.69, 9.17) is 4.74 Å². The maximum Gasteiger partial charge on any atom is 0.164 e. The first-order chi connectivity index (χ1) is 9.13. The second-order valence-corrected chi connectivity index (χ2v) is 5.54. The molecule has 1 aromatic rings. The van der Waals surface area contributed by atoms with Crippen LogP contribution in [0.3, 0.4) is 0 Å². The van der Waals surface area contributed by atoms with Crippen LogP contribution in [0.4, 0.5) is 8.78 Å². The third-order valence-corrected chi connectivity index (χ3v) is 4.11. The van der Waals surface area contributed by atoms with Crippen molar-refractivity contribution in [2.75, 3.05) is 6.61 Å². The predicted molar refractivity (Wildman–Crippen MR) is 72.1 cm³/mol. The van der Waals surface area contributed by atoms with Crippen LogP contribution in [0.5, 0.6) is 0 Å². The monoisotopic (exact) mass is 268 g/mol. The zero-order valence-electron chi connectivity index (χ0n) is 11.7. The number of ether oxygens (including phenoxy) is 1. The summed E-state index contributed by atoms with van der Waals surface area (Å²) in [6.07, 6.45) is 4.13. The maximum absolute atomic E-state index is 14.1. The minimum absolute atomic E-state index is 0.140. The molecular weight excluding hydrogens is 246 g/mol. The summed E-state index contributed by atoms with van der Waals surface area (Å²) in [5, 5.41) is 0. The number of hydrogen-bond acceptors (Lipinski definition) is 1. The van der Waals surface area contributed by atoms with Crippen molar-refractivity contribution in [2.45, 2.75) is 52.1 Å². The van der Waals surface area contributed by atoms with Crippen LogP contribution in [0.1, 0.15) is 56.6 Å². The highest BCUT2D eigenvalue weighted by Crippen LogP contribution is 2.37. The van der Waals surface area contributed by atoms with Crippen molar-refractivity contribution < 1.29 is 13.5 Å². The Morgan fingerprint density at radius 1 is 1.11 bits per heavy atom. The summed E-state index contributed by atoms with van der Waals surface area (Å²) in [5.74, 6) is -0.519. The Bertz CT molecular complexity index is 423. The van der Waals surface area contributed by atoms with Crippen molar-refractivity contribution in [3.63, 3.8) is 0 Å². The van der Waals surface area contributed by atoms with Gasteiger partial charge in [-0.15, -0.1) is 0 Å². The summed E-state index contributed by atoms with van der Waals surface area (Å²) < 4.78 is 33.3. The molecule has 0 spiro atoms. The van der Waals surface area contributed by atoms with Crippen LogP contribution in [0.25, 0.3) is 0 Å². The average Bonchev–Trinajstić information content (AvgIpc) is 2.42. The zero-order chi connectivity index (χ0) is 13.8. The molecule has 1 fully saturated rings. The maximum atomic E-state index is 14.1. The van der Waals surface area contributed by atoms with Crippen molar-refractivity contribution in [1.29, 1.82) is 0 Å². The Morgan fingerprint density at radius 2 is 1.79 bits per heavy atom. The van der Waals surface area contributed by atoms with E-state index in [1.165, 1.54) is 0 Å². The van der Waals surface area contributed by atoms with E-state index in [1.54, 1.807) is 12.1 Å². The predicted octanol–water partition coefficient (Wildman–Crippen LogP) is 4.80. The first-order valence-corrected chi connectivity index (χ1v) is 7.18. The van der Waals surface area contributed by atoms with Gasteiger partial charge in [-0.25, -0.2) is 8.78 Å². The van der Waals surface area contributed by atoms with Crippen molar-refractivity contribution in [1.82, 2.24) is 0 Å². The molecule has 1 saturated carbocycles. The Morgan fingerprint density at radius 3 is 2.42 bits per heavy atom. The molecule has 0 aromatic heterocycles. The fraction of sp³-hybridized carbons (Fsp3) is 0.625. The van der Waals surface area contributed by atoms with Crippen LogP contribution < -0.4 is 0 Å². The molecule has 0 N–H and O–H groups in total. The first kappa shape index (κ1) is 14.4. The van der Waals surface area contributed by atoms with Gasteiger partial charge in [-0.05, 0) is 37.2 Å². The van der Waals surface area contributed by atoms with Crippen molar-refractivity contribution in [2.24, 2.45) is 5.92 Å². The van der Waals surface area contributed by atoms with E-state index >= 15 is 0 Å². The van der Waals surface area contributed by atoms with Crippen LogP contribution in [0, 0.1) is 17.6 Å². The van der Waals surface area contributed by atoms with Crippen LogP contribution in [-0.4, -0.2) is 6.61 Å². The van der Waals surface area contributed by atoms with Gasteiger partial charge in [0.05, 0.1) is 6.61 Å². The second kappa shape index (κ2) is 6.47. The summed E-state index contributed by atoms with van der Waals surface area (Å²) in [4.78, 5) is 0. The van der Waals surface area contributed by atoms with Gasteiger partial charge >= 0.3 is 0 Å². The van der Waals surface area contributed by atoms with Gasteiger partial charge in [0.25, 0.3) is 0 Å². The van der Waals surface area contributed by atoms with E-state index in [0.29, 0.717) is 23.7 Å². The lowest BCUT2D eigenvalue weighted by molar-refractivity contribution is 0.131. The van der Waals surface area contributed by atoms with Gasteiger partial charge in [-0.2, -0.15) is 0 Å². The molecule has 0 aliphatic heterocycles. The van der Waals surface area contributed by atoms with Gasteiger partial charge in [0.1, 0.15) is 0 Å². The van der Waals surface area contributed by atoms with E-state index in [9.17, 15) is 8.78 Å². The highest BCUT2D eigenvalue weighted by molar-refractivity contribution is 5.29. The molecule has 0 amide bonds. The van der Waals surface area contributed by atoms with E-state index < -0.39 is 11.6 Å². The highest BCUT2D eigenvalue weighted by atomic mass is 19.2. The molecule has 0 radical (unpaired) electrons. The van der Waals surface area contributed by atoms with Crippen molar-refractivity contribution in [3.05, 3.63) is 34.9 Å². The molecule has 0 heterocycles. The summed E-state index contributed by atoms with van der Waals surface area (Å²) in [7, 11) is 0. The molecule has 0 saturated heterocycles. The molecule has 1 aromatic carbocycles. The topological polar surface area (TPSA) is 9.23 Å². The summed E-state index contributed by atoms with van der Waals surface area (Å²) >= 11 is 0. The summed E-state index contributed by atoms with van der Waals surface area (Å²) in [5.41, 5.74) is 0.858. The smallest absolute Gasteiger partial charge is 0.164 e. The molecule has 1 nitrogen and oxygen atoms in total. The van der Waals surface area contributed by atoms with Crippen LogP contribution >= 0.6 is 0 Å². The molecule has 1 aliphatic rings. The van der Waals surface area contributed by atoms with E-state index in [-0.39, 0.29) is 12.5 Å². The Labute approximate surface area is 114 Å². The first-order valence-electron chi connectivity index (χ1n) is 7.18. The zero-order valence-corrected chi connectivity index (χ0v) is 11.7. The number of halogens is 2. The van der Waals surface area contributed by atoms with Crippen LogP contribution in [0.15, 0.2) is 12.1 Å². The molecular formula is C16H22F2O. The third-order valence-electron chi connectivity index (χ3n) is 4.11. The summed E-state index contributed by atoms with van der Waals surface area (Å²) in [6, 6.07) is 3.41. The SMILES string of the molecule is CCOCc1ccc(C2CCC(C)CC2)c(F)c1F. The quantitative estimate of drug-likeness (QED) is 0.762. The average molecular weight is 268 g/mol. The highest BCUT2D eigenvalue weighted by Gasteiger charge is 2.24. The molecule has 0 unspecified atom stereocenters. The van der Waals surface area contributed by atoms with Crippen LogP contribution in [-0.2, 0) is 11.3 Å². The Kier molecular flexibility index (Phi) is 4.92. The minimum Gasteiger partial charge on any atom is -0.377 e. The standard InChI is InChI=1S/C16H22F2O/c1-3-19-10-13-8-9-14(16(18)15(13)17)12-6-4-11(2)5-7-12/h8-9,11-12H,3-7,10H2,1-2H3. The van der Waals surface area contributed by atoms with Gasteiger partial charge in [-0.1, -0.05) is 31.9 Å². The lowest BCUT2D eigenvalue weighted by atomic mass is 9.79. The normalized spacial score (nSPS) is 23.6. The third kappa shape index (κ3) is 3.33. The van der Waals surface area contributed by atoms with Crippen molar-refractivity contribution in [3.8, 4) is 0 Å².